The normalized spacial score (nSPS) is 22.1. The third kappa shape index (κ3) is 8.20. The first-order valence-electron chi connectivity index (χ1n) is 17.8. The summed E-state index contributed by atoms with van der Waals surface area (Å²) in [6, 6.07) is 10.1. The minimum absolute atomic E-state index is 0.0169. The number of β-amino-alcohol motifs (C(OH)–C–C–N with tert-alkyl or cyclic N) is 1. The summed E-state index contributed by atoms with van der Waals surface area (Å²) in [5, 5.41) is 10.8. The molecular weight excluding hydrogens is 664 g/mol. The van der Waals surface area contributed by atoms with Crippen molar-refractivity contribution < 1.29 is 27.2 Å². The highest BCUT2D eigenvalue weighted by Gasteiger charge is 2.34. The van der Waals surface area contributed by atoms with E-state index in [4.69, 9.17) is 4.74 Å². The molecule has 1 aromatic heterocycles. The first-order valence-corrected chi connectivity index (χ1v) is 20.8. The number of aromatic nitrogens is 1. The first kappa shape index (κ1) is 36.3. The second-order valence-corrected chi connectivity index (χ2v) is 17.8. The molecule has 0 aliphatic carbocycles. The molecule has 1 N–H and O–H groups in total. The second-order valence-electron chi connectivity index (χ2n) is 14.5. The van der Waals surface area contributed by atoms with Crippen molar-refractivity contribution in [2.45, 2.75) is 105 Å². The van der Waals surface area contributed by atoms with Crippen LogP contribution in [-0.4, -0.2) is 103 Å². The van der Waals surface area contributed by atoms with Crippen LogP contribution >= 0.6 is 0 Å². The molecule has 0 saturated carbocycles. The molecule has 0 radical (unpaired) electrons. The molecule has 3 aromatic rings. The van der Waals surface area contributed by atoms with Gasteiger partial charge in [-0.25, -0.2) is 12.8 Å². The van der Waals surface area contributed by atoms with Crippen LogP contribution in [0.3, 0.4) is 0 Å². The molecule has 3 fully saturated rings. The Labute approximate surface area is 293 Å². The van der Waals surface area contributed by atoms with E-state index in [2.05, 4.69) is 33.5 Å². The molecule has 3 saturated heterocycles. The SMILES string of the molecule is CC(C)CC(C)Oc1ccc(S(=O)(=O)c2cnc3ccc([S@@+](C)[O-])cc3c2N2CCC(N3CCC(N4CCC[C@@H](O)C4)CC3)CC2)cc1F. The predicted octanol–water partition coefficient (Wildman–Crippen LogP) is 5.65. The fourth-order valence-electron chi connectivity index (χ4n) is 8.03. The molecule has 2 aromatic carbocycles. The quantitative estimate of drug-likeness (QED) is 0.267. The number of nitrogens with zero attached hydrogens (tertiary/aromatic N) is 4. The van der Waals surface area contributed by atoms with Gasteiger partial charge in [0.05, 0.1) is 28.3 Å². The number of sulfone groups is 1. The molecule has 268 valence electrons. The fourth-order valence-corrected chi connectivity index (χ4v) is 10.0. The number of benzene rings is 2. The number of ether oxygens (including phenoxy) is 1. The number of anilines is 1. The zero-order chi connectivity index (χ0) is 34.9. The lowest BCUT2D eigenvalue weighted by atomic mass is 9.95. The van der Waals surface area contributed by atoms with Crippen LogP contribution < -0.4 is 9.64 Å². The standard InChI is InChI=1S/C37H51FN4O5S2/c1-25(2)20-26(3)47-35-10-8-31(22-33(35)38)49(45,46)36-23-39-34-9-7-30(48(4)44)21-32(34)37(36)41-18-13-27(14-19-41)40-16-11-28(12-17-40)42-15-5-6-29(43)24-42/h7-10,21-23,25-29,43H,5-6,11-20,24H2,1-4H3/t26?,29-,48-/m1/s1. The van der Waals surface area contributed by atoms with Gasteiger partial charge in [0.1, 0.15) is 11.2 Å². The van der Waals surface area contributed by atoms with Gasteiger partial charge in [0, 0.05) is 49.4 Å². The molecule has 1 unspecified atom stereocenters. The summed E-state index contributed by atoms with van der Waals surface area (Å²) in [5.74, 6) is -0.324. The van der Waals surface area contributed by atoms with Crippen molar-refractivity contribution in [2.75, 3.05) is 50.4 Å². The van der Waals surface area contributed by atoms with Gasteiger partial charge in [-0.15, -0.1) is 0 Å². The lowest BCUT2D eigenvalue weighted by Gasteiger charge is -2.45. The molecule has 9 nitrogen and oxygen atoms in total. The number of hydrogen-bond donors (Lipinski definition) is 1. The Morgan fingerprint density at radius 1 is 0.980 bits per heavy atom. The first-order chi connectivity index (χ1) is 23.4. The Hall–Kier alpha value is -2.48. The van der Waals surface area contributed by atoms with Crippen molar-refractivity contribution in [1.82, 2.24) is 14.8 Å². The van der Waals surface area contributed by atoms with E-state index in [1.807, 2.05) is 6.92 Å². The molecule has 6 rings (SSSR count). The van der Waals surface area contributed by atoms with E-state index in [1.165, 1.54) is 18.3 Å². The zero-order valence-electron chi connectivity index (χ0n) is 29.2. The molecule has 0 spiro atoms. The number of hydrogen-bond acceptors (Lipinski definition) is 9. The summed E-state index contributed by atoms with van der Waals surface area (Å²) < 4.78 is 62.3. The molecule has 49 heavy (non-hydrogen) atoms. The Kier molecular flexibility index (Phi) is 11.4. The summed E-state index contributed by atoms with van der Waals surface area (Å²) in [5.41, 5.74) is 1.15. The summed E-state index contributed by atoms with van der Waals surface area (Å²) >= 11 is -1.28. The van der Waals surface area contributed by atoms with Gasteiger partial charge in [0.25, 0.3) is 0 Å². The van der Waals surface area contributed by atoms with Gasteiger partial charge in [0.2, 0.25) is 9.84 Å². The Morgan fingerprint density at radius 3 is 2.33 bits per heavy atom. The number of aliphatic hydroxyl groups is 1. The minimum atomic E-state index is -4.19. The van der Waals surface area contributed by atoms with E-state index in [-0.39, 0.29) is 27.7 Å². The topological polar surface area (TPSA) is 109 Å². The highest BCUT2D eigenvalue weighted by atomic mass is 32.2. The average Bonchev–Trinajstić information content (AvgIpc) is 3.08. The van der Waals surface area contributed by atoms with Crippen molar-refractivity contribution >= 4 is 37.6 Å². The fraction of sp³-hybridized carbons (Fsp3) is 0.595. The van der Waals surface area contributed by atoms with E-state index in [0.717, 1.165) is 77.2 Å². The molecule has 3 aliphatic rings. The van der Waals surface area contributed by atoms with Gasteiger partial charge in [-0.1, -0.05) is 13.8 Å². The van der Waals surface area contributed by atoms with Crippen molar-refractivity contribution in [3.05, 3.63) is 48.4 Å². The monoisotopic (exact) mass is 714 g/mol. The van der Waals surface area contributed by atoms with Gasteiger partial charge in [0.15, 0.2) is 16.5 Å². The molecule has 0 bridgehead atoms. The van der Waals surface area contributed by atoms with E-state index in [1.54, 1.807) is 24.5 Å². The molecule has 3 atom stereocenters. The number of likely N-dealkylation sites (tertiary alicyclic amines) is 2. The van der Waals surface area contributed by atoms with Crippen LogP contribution in [0.1, 0.15) is 65.7 Å². The lowest BCUT2D eigenvalue weighted by Crippen LogP contribution is -2.53. The van der Waals surface area contributed by atoms with Crippen LogP contribution in [0.2, 0.25) is 0 Å². The highest BCUT2D eigenvalue weighted by Crippen LogP contribution is 2.39. The number of halogens is 1. The summed E-state index contributed by atoms with van der Waals surface area (Å²) in [4.78, 5) is 12.2. The maximum Gasteiger partial charge on any atom is 0.210 e. The van der Waals surface area contributed by atoms with E-state index in [0.29, 0.717) is 52.6 Å². The number of pyridine rings is 1. The maximum absolute atomic E-state index is 15.3. The Bertz CT molecular complexity index is 1710. The summed E-state index contributed by atoms with van der Waals surface area (Å²) in [6.45, 7) is 11.2. The highest BCUT2D eigenvalue weighted by molar-refractivity contribution is 7.91. The number of aliphatic hydroxyl groups excluding tert-OH is 1. The van der Waals surface area contributed by atoms with E-state index in [9.17, 15) is 18.1 Å². The largest absolute Gasteiger partial charge is 0.612 e. The smallest absolute Gasteiger partial charge is 0.210 e. The Morgan fingerprint density at radius 2 is 1.67 bits per heavy atom. The summed E-state index contributed by atoms with van der Waals surface area (Å²) in [7, 11) is -4.19. The maximum atomic E-state index is 15.3. The summed E-state index contributed by atoms with van der Waals surface area (Å²) in [6.07, 6.45) is 9.22. The van der Waals surface area contributed by atoms with E-state index >= 15 is 4.39 Å². The lowest BCUT2D eigenvalue weighted by molar-refractivity contribution is 0.0170. The second kappa shape index (κ2) is 15.4. The van der Waals surface area contributed by atoms with Crippen molar-refractivity contribution in [2.24, 2.45) is 5.92 Å². The van der Waals surface area contributed by atoms with Gasteiger partial charge >= 0.3 is 0 Å². The molecule has 4 heterocycles. The van der Waals surface area contributed by atoms with Crippen molar-refractivity contribution in [1.29, 1.82) is 0 Å². The van der Waals surface area contributed by atoms with Crippen molar-refractivity contribution in [3.8, 4) is 5.75 Å². The Balaban J connectivity index is 1.24. The molecule has 0 amide bonds. The predicted molar refractivity (Wildman–Crippen MR) is 192 cm³/mol. The number of piperidine rings is 3. The van der Waals surface area contributed by atoms with Crippen LogP contribution in [-0.2, 0) is 21.0 Å². The van der Waals surface area contributed by atoms with Gasteiger partial charge in [-0.2, -0.15) is 0 Å². The van der Waals surface area contributed by atoms with Gasteiger partial charge < -0.3 is 24.2 Å². The van der Waals surface area contributed by atoms with Crippen LogP contribution in [0.4, 0.5) is 10.1 Å². The van der Waals surface area contributed by atoms with Gasteiger partial charge in [-0.3, -0.25) is 9.88 Å². The van der Waals surface area contributed by atoms with Crippen molar-refractivity contribution in [3.63, 3.8) is 0 Å². The van der Waals surface area contributed by atoms with E-state index < -0.39 is 26.8 Å². The number of rotatable bonds is 10. The third-order valence-corrected chi connectivity index (χ3v) is 13.2. The van der Waals surface area contributed by atoms with Crippen LogP contribution in [0.25, 0.3) is 10.9 Å². The minimum Gasteiger partial charge on any atom is -0.612 e. The van der Waals surface area contributed by atoms with Crippen LogP contribution in [0, 0.1) is 11.7 Å². The van der Waals surface area contributed by atoms with Crippen LogP contribution in [0.5, 0.6) is 5.75 Å². The zero-order valence-corrected chi connectivity index (χ0v) is 30.8. The molecular formula is C37H51FN4O5S2. The van der Waals surface area contributed by atoms with Gasteiger partial charge in [-0.05, 0) is 119 Å². The van der Waals surface area contributed by atoms with Crippen LogP contribution in [0.15, 0.2) is 57.3 Å². The molecule has 3 aliphatic heterocycles. The molecule has 12 heteroatoms. The average molecular weight is 715 g/mol. The third-order valence-electron chi connectivity index (χ3n) is 10.5. The number of fused-ring (bicyclic) bond motifs is 1.